The summed E-state index contributed by atoms with van der Waals surface area (Å²) in [5.41, 5.74) is -2.31. The van der Waals surface area contributed by atoms with Gasteiger partial charge in [0.05, 0.1) is 30.1 Å². The molecule has 190 valence electrons. The van der Waals surface area contributed by atoms with Crippen LogP contribution in [0.1, 0.15) is 50.0 Å². The van der Waals surface area contributed by atoms with Gasteiger partial charge in [-0.25, -0.2) is 9.07 Å². The third-order valence-corrected chi connectivity index (χ3v) is 7.59. The number of β-amino-alcohol motifs (C(OH)–C–C–N with tert-alkyl or cyclic N) is 1. The SMILES string of the molecule is CCC(NC1CCCC1(C)O)C1(O)CN(C(=O)c2nn(C)c(=O)cc2Nc2ccc(Br)cc2F)C1. The van der Waals surface area contributed by atoms with Crippen LogP contribution in [0.5, 0.6) is 0 Å². The highest BCUT2D eigenvalue weighted by Crippen LogP contribution is 2.34. The number of rotatable bonds is 7. The molecular weight excluding hydrogens is 521 g/mol. The Morgan fingerprint density at radius 2 is 2.03 bits per heavy atom. The number of aromatic nitrogens is 2. The molecule has 1 aromatic heterocycles. The molecule has 9 nitrogen and oxygen atoms in total. The smallest absolute Gasteiger partial charge is 0.276 e. The summed E-state index contributed by atoms with van der Waals surface area (Å²) in [4.78, 5) is 27.0. The molecule has 4 N–H and O–H groups in total. The summed E-state index contributed by atoms with van der Waals surface area (Å²) in [6.07, 6.45) is 3.07. The van der Waals surface area contributed by atoms with Crippen LogP contribution < -0.4 is 16.2 Å². The van der Waals surface area contributed by atoms with Gasteiger partial charge in [-0.1, -0.05) is 22.9 Å². The van der Waals surface area contributed by atoms with Crippen LogP contribution in [0.3, 0.4) is 0 Å². The van der Waals surface area contributed by atoms with Crippen molar-refractivity contribution in [3.63, 3.8) is 0 Å². The summed E-state index contributed by atoms with van der Waals surface area (Å²) in [6.45, 7) is 3.90. The summed E-state index contributed by atoms with van der Waals surface area (Å²) >= 11 is 3.20. The Hall–Kier alpha value is -2.34. The van der Waals surface area contributed by atoms with E-state index >= 15 is 0 Å². The Morgan fingerprint density at radius 1 is 1.31 bits per heavy atom. The van der Waals surface area contributed by atoms with Crippen molar-refractivity contribution in [1.82, 2.24) is 20.0 Å². The van der Waals surface area contributed by atoms with E-state index in [0.717, 1.165) is 17.5 Å². The maximum Gasteiger partial charge on any atom is 0.276 e. The Morgan fingerprint density at radius 3 is 2.63 bits per heavy atom. The molecule has 2 fully saturated rings. The average Bonchev–Trinajstić information content (AvgIpc) is 3.11. The van der Waals surface area contributed by atoms with Crippen molar-refractivity contribution in [1.29, 1.82) is 0 Å². The fourth-order valence-corrected chi connectivity index (χ4v) is 5.30. The first-order valence-electron chi connectivity index (χ1n) is 11.7. The molecule has 1 aliphatic heterocycles. The van der Waals surface area contributed by atoms with Crippen LogP contribution in [-0.4, -0.2) is 67.2 Å². The van der Waals surface area contributed by atoms with Gasteiger partial charge in [0.25, 0.3) is 11.5 Å². The second-order valence-corrected chi connectivity index (χ2v) is 10.7. The van der Waals surface area contributed by atoms with Crippen LogP contribution in [0.4, 0.5) is 15.8 Å². The van der Waals surface area contributed by atoms with Gasteiger partial charge < -0.3 is 25.7 Å². The highest BCUT2D eigenvalue weighted by atomic mass is 79.9. The number of aliphatic hydroxyl groups is 2. The Bertz CT molecular complexity index is 1180. The van der Waals surface area contributed by atoms with Crippen molar-refractivity contribution in [3.05, 3.63) is 50.6 Å². The van der Waals surface area contributed by atoms with E-state index in [1.165, 1.54) is 30.1 Å². The summed E-state index contributed by atoms with van der Waals surface area (Å²) in [6, 6.07) is 5.17. The topological polar surface area (TPSA) is 120 Å². The van der Waals surface area contributed by atoms with Gasteiger partial charge in [0.15, 0.2) is 5.69 Å². The number of carbonyl (C=O) groups excluding carboxylic acids is 1. The van der Waals surface area contributed by atoms with Gasteiger partial charge in [-0.05, 0) is 50.8 Å². The summed E-state index contributed by atoms with van der Waals surface area (Å²) in [5, 5.41) is 32.2. The number of halogens is 2. The highest BCUT2D eigenvalue weighted by Gasteiger charge is 2.51. The van der Waals surface area contributed by atoms with Crippen molar-refractivity contribution < 1.29 is 19.4 Å². The molecule has 4 rings (SSSR count). The van der Waals surface area contributed by atoms with Gasteiger partial charge in [0, 0.05) is 29.7 Å². The zero-order valence-corrected chi connectivity index (χ0v) is 21.6. The third-order valence-electron chi connectivity index (χ3n) is 7.10. The zero-order chi connectivity index (χ0) is 25.5. The molecule has 0 radical (unpaired) electrons. The molecule has 0 bridgehead atoms. The fraction of sp³-hybridized carbons (Fsp3) is 0.542. The lowest BCUT2D eigenvalue weighted by atomic mass is 9.83. The molecular formula is C24H31BrFN5O4. The van der Waals surface area contributed by atoms with E-state index < -0.39 is 28.5 Å². The molecule has 1 saturated carbocycles. The molecule has 1 saturated heterocycles. The Balaban J connectivity index is 1.52. The highest BCUT2D eigenvalue weighted by molar-refractivity contribution is 9.10. The number of nitrogens with one attached hydrogen (secondary N) is 2. The second-order valence-electron chi connectivity index (χ2n) is 9.81. The molecule has 3 unspecified atom stereocenters. The van der Waals surface area contributed by atoms with Crippen LogP contribution in [0.25, 0.3) is 0 Å². The van der Waals surface area contributed by atoms with E-state index in [1.54, 1.807) is 13.0 Å². The number of carbonyl (C=O) groups is 1. The third kappa shape index (κ3) is 5.13. The first-order chi connectivity index (χ1) is 16.4. The first-order valence-corrected chi connectivity index (χ1v) is 12.5. The van der Waals surface area contributed by atoms with Crippen molar-refractivity contribution >= 4 is 33.2 Å². The van der Waals surface area contributed by atoms with Crippen molar-refractivity contribution in [2.75, 3.05) is 18.4 Å². The van der Waals surface area contributed by atoms with Crippen LogP contribution in [-0.2, 0) is 7.05 Å². The molecule has 1 amide bonds. The van der Waals surface area contributed by atoms with Crippen LogP contribution in [0, 0.1) is 5.82 Å². The average molecular weight is 552 g/mol. The lowest BCUT2D eigenvalue weighted by Gasteiger charge is -2.51. The second kappa shape index (κ2) is 9.61. The van der Waals surface area contributed by atoms with Crippen LogP contribution in [0.2, 0.25) is 0 Å². The molecule has 35 heavy (non-hydrogen) atoms. The van der Waals surface area contributed by atoms with Gasteiger partial charge in [0.1, 0.15) is 11.4 Å². The minimum atomic E-state index is -1.16. The standard InChI is InChI=1S/C24H31BrFN5O4/c1-4-18(28-19-6-5-9-23(19,2)34)24(35)12-31(13-24)22(33)21-17(11-20(32)30(3)29-21)27-16-8-7-14(25)10-15(16)26/h7-8,10-11,18-19,27-28,34-35H,4-6,9,12-13H2,1-3H3. The lowest BCUT2D eigenvalue weighted by molar-refractivity contribution is -0.111. The van der Waals surface area contributed by atoms with E-state index in [0.29, 0.717) is 17.3 Å². The molecule has 0 spiro atoms. The zero-order valence-electron chi connectivity index (χ0n) is 20.0. The van der Waals surface area contributed by atoms with Crippen molar-refractivity contribution in [2.24, 2.45) is 7.05 Å². The van der Waals surface area contributed by atoms with Crippen LogP contribution >= 0.6 is 15.9 Å². The minimum Gasteiger partial charge on any atom is -0.389 e. The normalized spacial score (nSPS) is 24.2. The van der Waals surface area contributed by atoms with E-state index in [1.807, 2.05) is 6.92 Å². The van der Waals surface area contributed by atoms with E-state index in [9.17, 15) is 24.2 Å². The maximum atomic E-state index is 14.4. The van der Waals surface area contributed by atoms with Crippen molar-refractivity contribution in [2.45, 2.75) is 62.8 Å². The molecule has 3 atom stereocenters. The fourth-order valence-electron chi connectivity index (χ4n) is 4.96. The molecule has 1 aliphatic carbocycles. The van der Waals surface area contributed by atoms with Gasteiger partial charge in [0.2, 0.25) is 0 Å². The van der Waals surface area contributed by atoms with E-state index in [4.69, 9.17) is 0 Å². The largest absolute Gasteiger partial charge is 0.389 e. The van der Waals surface area contributed by atoms with Gasteiger partial charge in [-0.3, -0.25) is 9.59 Å². The van der Waals surface area contributed by atoms with E-state index in [2.05, 4.69) is 31.7 Å². The number of benzene rings is 1. The number of hydrogen-bond donors (Lipinski definition) is 4. The van der Waals surface area contributed by atoms with Crippen LogP contribution in [0.15, 0.2) is 33.5 Å². The number of amides is 1. The first kappa shape index (κ1) is 25.7. The molecule has 2 heterocycles. The number of aryl methyl sites for hydroxylation is 1. The molecule has 11 heteroatoms. The van der Waals surface area contributed by atoms with Gasteiger partial charge in [-0.15, -0.1) is 0 Å². The van der Waals surface area contributed by atoms with E-state index in [-0.39, 0.29) is 42.2 Å². The molecule has 1 aromatic carbocycles. The predicted molar refractivity (Wildman–Crippen MR) is 133 cm³/mol. The minimum absolute atomic E-state index is 0.0452. The van der Waals surface area contributed by atoms with Gasteiger partial charge >= 0.3 is 0 Å². The molecule has 2 aliphatic rings. The number of nitrogens with zero attached hydrogens (tertiary/aromatic N) is 3. The lowest BCUT2D eigenvalue weighted by Crippen LogP contribution is -2.72. The van der Waals surface area contributed by atoms with Gasteiger partial charge in [-0.2, -0.15) is 5.10 Å². The monoisotopic (exact) mass is 551 g/mol. The predicted octanol–water partition coefficient (Wildman–Crippen LogP) is 2.28. The molecule has 2 aromatic rings. The van der Waals surface area contributed by atoms with Crippen molar-refractivity contribution in [3.8, 4) is 0 Å². The number of hydrogen-bond acceptors (Lipinski definition) is 7. The Labute approximate surface area is 211 Å². The summed E-state index contributed by atoms with van der Waals surface area (Å²) in [5.74, 6) is -1.04. The summed E-state index contributed by atoms with van der Waals surface area (Å²) in [7, 11) is 1.43. The number of anilines is 2. The summed E-state index contributed by atoms with van der Waals surface area (Å²) < 4.78 is 16.0. The quantitative estimate of drug-likeness (QED) is 0.416. The Kier molecular flexibility index (Phi) is 7.07. The maximum absolute atomic E-state index is 14.4. The number of likely N-dealkylation sites (tertiary alicyclic amines) is 1.